The van der Waals surface area contributed by atoms with Gasteiger partial charge in [-0.15, -0.1) is 0 Å². The van der Waals surface area contributed by atoms with E-state index >= 15 is 0 Å². The number of carbonyl (C=O) groups is 2. The van der Waals surface area contributed by atoms with Crippen molar-refractivity contribution in [3.05, 3.63) is 23.4 Å². The Morgan fingerprint density at radius 1 is 1.11 bits per heavy atom. The molecule has 0 bridgehead atoms. The van der Waals surface area contributed by atoms with Crippen LogP contribution < -0.4 is 15.8 Å². The van der Waals surface area contributed by atoms with Crippen LogP contribution in [0, 0.1) is 11.8 Å². The Morgan fingerprint density at radius 2 is 1.81 bits per heavy atom. The number of nitrogens with one attached hydrogen (secondary N) is 1. The van der Waals surface area contributed by atoms with Crippen molar-refractivity contribution in [1.29, 1.82) is 0 Å². The minimum absolute atomic E-state index is 0.296. The SMILES string of the molecule is NC(=O)C(CC1CC1)NC(=O)c1ccc(C2CCCC2)c(OCC2CC2)n1. The van der Waals surface area contributed by atoms with Crippen LogP contribution in [0.25, 0.3) is 0 Å². The minimum atomic E-state index is -0.628. The Kier molecular flexibility index (Phi) is 5.32. The maximum absolute atomic E-state index is 12.7. The number of aromatic nitrogens is 1. The highest BCUT2D eigenvalue weighted by Crippen LogP contribution is 2.39. The van der Waals surface area contributed by atoms with Crippen LogP contribution in [0.1, 0.15) is 79.8 Å². The van der Waals surface area contributed by atoms with Gasteiger partial charge in [0.2, 0.25) is 11.8 Å². The zero-order valence-corrected chi connectivity index (χ0v) is 15.8. The van der Waals surface area contributed by atoms with E-state index in [-0.39, 0.29) is 5.91 Å². The third kappa shape index (κ3) is 4.79. The largest absolute Gasteiger partial charge is 0.477 e. The Balaban J connectivity index is 1.49. The number of rotatable bonds is 9. The molecule has 0 spiro atoms. The van der Waals surface area contributed by atoms with Crippen LogP contribution in [0.2, 0.25) is 0 Å². The first-order chi connectivity index (χ1) is 13.1. The second-order valence-electron chi connectivity index (χ2n) is 8.43. The highest BCUT2D eigenvalue weighted by atomic mass is 16.5. The number of pyridine rings is 1. The fourth-order valence-corrected chi connectivity index (χ4v) is 3.89. The number of amides is 2. The molecule has 1 unspecified atom stereocenters. The number of nitrogens with two attached hydrogens (primary N) is 1. The monoisotopic (exact) mass is 371 g/mol. The maximum atomic E-state index is 12.7. The summed E-state index contributed by atoms with van der Waals surface area (Å²) in [6, 6.07) is 3.11. The first kappa shape index (κ1) is 18.3. The molecule has 1 heterocycles. The number of hydrogen-bond donors (Lipinski definition) is 2. The third-order valence-electron chi connectivity index (χ3n) is 5.98. The summed E-state index contributed by atoms with van der Waals surface area (Å²) in [4.78, 5) is 28.9. The van der Waals surface area contributed by atoms with Gasteiger partial charge in [0.25, 0.3) is 5.91 Å². The molecule has 3 fully saturated rings. The zero-order chi connectivity index (χ0) is 18.8. The molecule has 3 aliphatic rings. The van der Waals surface area contributed by atoms with E-state index in [9.17, 15) is 9.59 Å². The van der Waals surface area contributed by atoms with Gasteiger partial charge in [-0.05, 0) is 55.9 Å². The number of primary amides is 1. The van der Waals surface area contributed by atoms with Gasteiger partial charge in [-0.25, -0.2) is 4.98 Å². The summed E-state index contributed by atoms with van der Waals surface area (Å²) in [6.45, 7) is 0.670. The second-order valence-corrected chi connectivity index (χ2v) is 8.43. The molecule has 4 rings (SSSR count). The first-order valence-corrected chi connectivity index (χ1v) is 10.3. The van der Waals surface area contributed by atoms with E-state index in [0.29, 0.717) is 42.4 Å². The summed E-state index contributed by atoms with van der Waals surface area (Å²) < 4.78 is 6.01. The number of carbonyl (C=O) groups excluding carboxylic acids is 2. The molecule has 6 nitrogen and oxygen atoms in total. The summed E-state index contributed by atoms with van der Waals surface area (Å²) in [6.07, 6.45) is 10.0. The number of hydrogen-bond acceptors (Lipinski definition) is 4. The van der Waals surface area contributed by atoms with Crippen molar-refractivity contribution in [2.24, 2.45) is 17.6 Å². The lowest BCUT2D eigenvalue weighted by Gasteiger charge is -2.18. The Labute approximate surface area is 160 Å². The lowest BCUT2D eigenvalue weighted by Crippen LogP contribution is -2.45. The quantitative estimate of drug-likeness (QED) is 0.698. The van der Waals surface area contributed by atoms with Gasteiger partial charge < -0.3 is 15.8 Å². The molecule has 1 aromatic rings. The molecule has 1 aromatic heterocycles. The molecular formula is C21H29N3O3. The lowest BCUT2D eigenvalue weighted by atomic mass is 9.98. The van der Waals surface area contributed by atoms with Crippen molar-refractivity contribution in [3.63, 3.8) is 0 Å². The molecule has 0 aliphatic heterocycles. The van der Waals surface area contributed by atoms with E-state index < -0.39 is 11.9 Å². The molecule has 0 radical (unpaired) electrons. The van der Waals surface area contributed by atoms with Gasteiger partial charge in [-0.1, -0.05) is 31.7 Å². The standard InChI is InChI=1S/C21H29N3O3/c22-19(25)18(11-13-5-6-13)23-20(26)17-10-9-16(15-3-1-2-4-15)21(24-17)27-12-14-7-8-14/h9-10,13-15,18H,1-8,11-12H2,(H2,22,25)(H,23,26). The van der Waals surface area contributed by atoms with Crippen LogP contribution in [0.5, 0.6) is 5.88 Å². The van der Waals surface area contributed by atoms with E-state index in [1.807, 2.05) is 6.07 Å². The Morgan fingerprint density at radius 3 is 2.44 bits per heavy atom. The van der Waals surface area contributed by atoms with Gasteiger partial charge in [0, 0.05) is 5.56 Å². The summed E-state index contributed by atoms with van der Waals surface area (Å²) in [5, 5.41) is 2.77. The molecule has 6 heteroatoms. The topological polar surface area (TPSA) is 94.3 Å². The minimum Gasteiger partial charge on any atom is -0.477 e. The normalized spacial score (nSPS) is 21.0. The van der Waals surface area contributed by atoms with Crippen molar-refractivity contribution >= 4 is 11.8 Å². The molecule has 0 saturated heterocycles. The maximum Gasteiger partial charge on any atom is 0.270 e. The second kappa shape index (κ2) is 7.87. The van der Waals surface area contributed by atoms with E-state index in [0.717, 1.165) is 31.2 Å². The van der Waals surface area contributed by atoms with Crippen molar-refractivity contribution in [2.75, 3.05) is 6.61 Å². The highest BCUT2D eigenvalue weighted by Gasteiger charge is 2.30. The van der Waals surface area contributed by atoms with E-state index in [4.69, 9.17) is 10.5 Å². The van der Waals surface area contributed by atoms with Gasteiger partial charge >= 0.3 is 0 Å². The van der Waals surface area contributed by atoms with Crippen molar-refractivity contribution in [1.82, 2.24) is 10.3 Å². The van der Waals surface area contributed by atoms with E-state index in [1.54, 1.807) is 6.07 Å². The first-order valence-electron chi connectivity index (χ1n) is 10.3. The third-order valence-corrected chi connectivity index (χ3v) is 5.98. The van der Waals surface area contributed by atoms with Gasteiger partial charge in [0.05, 0.1) is 6.61 Å². The van der Waals surface area contributed by atoms with Gasteiger partial charge in [0.1, 0.15) is 11.7 Å². The summed E-state index contributed by atoms with van der Waals surface area (Å²) in [5.41, 5.74) is 6.88. The molecule has 3 N–H and O–H groups in total. The highest BCUT2D eigenvalue weighted by molar-refractivity contribution is 5.96. The average Bonchev–Trinajstić information content (AvgIpc) is 3.59. The fourth-order valence-electron chi connectivity index (χ4n) is 3.89. The van der Waals surface area contributed by atoms with Crippen LogP contribution in [0.4, 0.5) is 0 Å². The van der Waals surface area contributed by atoms with Gasteiger partial charge in [-0.2, -0.15) is 0 Å². The van der Waals surface area contributed by atoms with E-state index in [1.165, 1.54) is 25.7 Å². The van der Waals surface area contributed by atoms with Crippen LogP contribution in [-0.2, 0) is 4.79 Å². The molecule has 3 saturated carbocycles. The van der Waals surface area contributed by atoms with Crippen molar-refractivity contribution in [2.45, 2.75) is 69.7 Å². The Bertz CT molecular complexity index is 707. The van der Waals surface area contributed by atoms with Crippen LogP contribution in [-0.4, -0.2) is 29.4 Å². The zero-order valence-electron chi connectivity index (χ0n) is 15.8. The van der Waals surface area contributed by atoms with Crippen LogP contribution in [0.15, 0.2) is 12.1 Å². The van der Waals surface area contributed by atoms with Crippen molar-refractivity contribution < 1.29 is 14.3 Å². The van der Waals surface area contributed by atoms with Gasteiger partial charge in [-0.3, -0.25) is 9.59 Å². The summed E-state index contributed by atoms with van der Waals surface area (Å²) in [7, 11) is 0. The molecule has 27 heavy (non-hydrogen) atoms. The molecular weight excluding hydrogens is 342 g/mol. The number of ether oxygens (including phenoxy) is 1. The summed E-state index contributed by atoms with van der Waals surface area (Å²) in [5.74, 6) is 1.35. The summed E-state index contributed by atoms with van der Waals surface area (Å²) >= 11 is 0. The predicted octanol–water partition coefficient (Wildman–Crippen LogP) is 2.91. The molecule has 1 atom stereocenters. The van der Waals surface area contributed by atoms with Crippen LogP contribution in [0.3, 0.4) is 0 Å². The number of nitrogens with zero attached hydrogens (tertiary/aromatic N) is 1. The van der Waals surface area contributed by atoms with E-state index in [2.05, 4.69) is 10.3 Å². The van der Waals surface area contributed by atoms with Crippen LogP contribution >= 0.6 is 0 Å². The molecule has 0 aromatic carbocycles. The van der Waals surface area contributed by atoms with Gasteiger partial charge in [0.15, 0.2) is 0 Å². The lowest BCUT2D eigenvalue weighted by molar-refractivity contribution is -0.120. The smallest absolute Gasteiger partial charge is 0.270 e. The molecule has 2 amide bonds. The molecule has 3 aliphatic carbocycles. The average molecular weight is 371 g/mol. The van der Waals surface area contributed by atoms with Crippen molar-refractivity contribution in [3.8, 4) is 5.88 Å². The predicted molar refractivity (Wildman–Crippen MR) is 101 cm³/mol. The fraction of sp³-hybridized carbons (Fsp3) is 0.667. The molecule has 146 valence electrons. The Hall–Kier alpha value is -2.11.